The number of aromatic nitrogens is 3. The fourth-order valence-electron chi connectivity index (χ4n) is 1.08. The Kier molecular flexibility index (Phi) is 3.71. The third-order valence-corrected chi connectivity index (χ3v) is 3.87. The highest BCUT2D eigenvalue weighted by Gasteiger charge is 2.35. The van der Waals surface area contributed by atoms with E-state index < -0.39 is 17.2 Å². The second-order valence-electron chi connectivity index (χ2n) is 3.13. The maximum absolute atomic E-state index is 12.3. The Balaban J connectivity index is 2.27. The Morgan fingerprint density at radius 2 is 2.11 bits per heavy atom. The molecule has 0 fully saturated rings. The van der Waals surface area contributed by atoms with Crippen molar-refractivity contribution in [3.05, 3.63) is 28.9 Å². The lowest BCUT2D eigenvalue weighted by Gasteiger charge is -2.00. The van der Waals surface area contributed by atoms with E-state index in [-0.39, 0.29) is 14.9 Å². The molecule has 100 valence electrons. The molecule has 0 atom stereocenters. The number of carbonyl (C=O) groups is 1. The van der Waals surface area contributed by atoms with Gasteiger partial charge in [-0.1, -0.05) is 11.3 Å². The van der Waals surface area contributed by atoms with E-state index in [1.807, 2.05) is 0 Å². The molecule has 1 N–H and O–H groups in total. The number of carboxylic acid groups (broad SMARTS) is 1. The molecule has 0 aliphatic rings. The van der Waals surface area contributed by atoms with Crippen LogP contribution >= 0.6 is 23.1 Å². The Hall–Kier alpha value is -1.68. The number of nitrogens with zero attached hydrogens (tertiary/aromatic N) is 3. The minimum absolute atomic E-state index is 0.0199. The second kappa shape index (κ2) is 5.13. The lowest BCUT2D eigenvalue weighted by molar-refractivity contribution is -0.138. The SMILES string of the molecule is O=C(O)c1cccnc1Sc1nnc(C(F)(F)F)s1. The van der Waals surface area contributed by atoms with E-state index in [0.717, 1.165) is 11.8 Å². The molecule has 0 aliphatic carbocycles. The number of pyridine rings is 1. The summed E-state index contributed by atoms with van der Waals surface area (Å²) in [5, 5.41) is 14.3. The topological polar surface area (TPSA) is 76.0 Å². The molecule has 0 spiro atoms. The van der Waals surface area contributed by atoms with Gasteiger partial charge in [-0.25, -0.2) is 9.78 Å². The zero-order valence-electron chi connectivity index (χ0n) is 8.88. The average Bonchev–Trinajstić information content (AvgIpc) is 2.77. The fraction of sp³-hybridized carbons (Fsp3) is 0.111. The van der Waals surface area contributed by atoms with Crippen LogP contribution in [0.3, 0.4) is 0 Å². The van der Waals surface area contributed by atoms with E-state index in [0.29, 0.717) is 11.3 Å². The summed E-state index contributed by atoms with van der Waals surface area (Å²) in [4.78, 5) is 14.7. The first-order valence-corrected chi connectivity index (χ1v) is 6.28. The van der Waals surface area contributed by atoms with Crippen LogP contribution in [0.25, 0.3) is 0 Å². The quantitative estimate of drug-likeness (QED) is 0.939. The first kappa shape index (κ1) is 13.7. The number of carboxylic acids is 1. The molecule has 2 aromatic rings. The predicted octanol–water partition coefficient (Wildman–Crippen LogP) is 2.80. The van der Waals surface area contributed by atoms with E-state index in [2.05, 4.69) is 15.2 Å². The van der Waals surface area contributed by atoms with Crippen LogP contribution in [0.4, 0.5) is 13.2 Å². The normalized spacial score (nSPS) is 11.5. The molecule has 0 unspecified atom stereocenters. The lowest BCUT2D eigenvalue weighted by Crippen LogP contribution is -2.03. The van der Waals surface area contributed by atoms with Crippen LogP contribution in [0.1, 0.15) is 15.4 Å². The molecule has 0 aliphatic heterocycles. The molecule has 2 rings (SSSR count). The van der Waals surface area contributed by atoms with Crippen LogP contribution in [0.5, 0.6) is 0 Å². The van der Waals surface area contributed by atoms with Gasteiger partial charge in [0.2, 0.25) is 5.01 Å². The summed E-state index contributed by atoms with van der Waals surface area (Å²) < 4.78 is 37.0. The van der Waals surface area contributed by atoms with Crippen molar-refractivity contribution < 1.29 is 23.1 Å². The van der Waals surface area contributed by atoms with Crippen molar-refractivity contribution in [1.29, 1.82) is 0 Å². The molecule has 19 heavy (non-hydrogen) atoms. The van der Waals surface area contributed by atoms with Gasteiger partial charge in [-0.05, 0) is 23.9 Å². The molecule has 0 saturated heterocycles. The minimum Gasteiger partial charge on any atom is -0.478 e. The van der Waals surface area contributed by atoms with Gasteiger partial charge < -0.3 is 5.11 Å². The maximum Gasteiger partial charge on any atom is 0.445 e. The largest absolute Gasteiger partial charge is 0.478 e. The van der Waals surface area contributed by atoms with E-state index in [1.54, 1.807) is 0 Å². The average molecular weight is 307 g/mol. The van der Waals surface area contributed by atoms with Gasteiger partial charge in [-0.15, -0.1) is 10.2 Å². The molecule has 2 heterocycles. The second-order valence-corrected chi connectivity index (χ2v) is 5.35. The van der Waals surface area contributed by atoms with Crippen LogP contribution in [0.2, 0.25) is 0 Å². The van der Waals surface area contributed by atoms with Gasteiger partial charge in [0.1, 0.15) is 5.03 Å². The van der Waals surface area contributed by atoms with Gasteiger partial charge >= 0.3 is 12.1 Å². The summed E-state index contributed by atoms with van der Waals surface area (Å²) in [5.74, 6) is -1.21. The van der Waals surface area contributed by atoms with Crippen LogP contribution in [0.15, 0.2) is 27.7 Å². The van der Waals surface area contributed by atoms with E-state index in [9.17, 15) is 18.0 Å². The Labute approximate surface area is 112 Å². The molecule has 10 heteroatoms. The van der Waals surface area contributed by atoms with E-state index >= 15 is 0 Å². The van der Waals surface area contributed by atoms with Crippen LogP contribution in [0, 0.1) is 0 Å². The molecule has 2 aromatic heterocycles. The number of halogens is 3. The highest BCUT2D eigenvalue weighted by Crippen LogP contribution is 2.37. The predicted molar refractivity (Wildman–Crippen MR) is 60.2 cm³/mol. The third-order valence-electron chi connectivity index (χ3n) is 1.83. The number of hydrogen-bond acceptors (Lipinski definition) is 6. The standard InChI is InChI=1S/C9H4F3N3O2S2/c10-9(11,12)7-14-15-8(19-7)18-5-4(6(16)17)2-1-3-13-5/h1-3H,(H,16,17). The molecule has 0 radical (unpaired) electrons. The zero-order chi connectivity index (χ0) is 14.0. The monoisotopic (exact) mass is 307 g/mol. The van der Waals surface area contributed by atoms with Crippen LogP contribution < -0.4 is 0 Å². The zero-order valence-corrected chi connectivity index (χ0v) is 10.5. The molecule has 5 nitrogen and oxygen atoms in total. The lowest BCUT2D eigenvalue weighted by atomic mass is 10.3. The molecule has 0 amide bonds. The summed E-state index contributed by atoms with van der Waals surface area (Å²) in [7, 11) is 0. The molecule has 0 bridgehead atoms. The minimum atomic E-state index is -4.56. The van der Waals surface area contributed by atoms with Gasteiger partial charge in [-0.2, -0.15) is 13.2 Å². The van der Waals surface area contributed by atoms with E-state index in [1.165, 1.54) is 18.3 Å². The van der Waals surface area contributed by atoms with Crippen molar-refractivity contribution in [3.8, 4) is 0 Å². The van der Waals surface area contributed by atoms with Gasteiger partial charge in [0.05, 0.1) is 5.56 Å². The Bertz CT molecular complexity index is 615. The highest BCUT2D eigenvalue weighted by molar-refractivity contribution is 8.01. The first-order valence-electron chi connectivity index (χ1n) is 4.65. The number of aromatic carboxylic acids is 1. The van der Waals surface area contributed by atoms with Crippen molar-refractivity contribution >= 4 is 29.1 Å². The van der Waals surface area contributed by atoms with E-state index in [4.69, 9.17) is 5.11 Å². The molecule has 0 saturated carbocycles. The maximum atomic E-state index is 12.3. The fourth-order valence-corrected chi connectivity index (χ4v) is 2.79. The molecular weight excluding hydrogens is 303 g/mol. The van der Waals surface area contributed by atoms with Crippen molar-refractivity contribution in [2.45, 2.75) is 15.5 Å². The molecule has 0 aromatic carbocycles. The van der Waals surface area contributed by atoms with Crippen molar-refractivity contribution in [2.75, 3.05) is 0 Å². The van der Waals surface area contributed by atoms with Crippen molar-refractivity contribution in [3.63, 3.8) is 0 Å². The number of hydrogen-bond donors (Lipinski definition) is 1. The summed E-state index contributed by atoms with van der Waals surface area (Å²) >= 11 is 1.07. The molecular formula is C9H4F3N3O2S2. The van der Waals surface area contributed by atoms with Gasteiger partial charge in [0, 0.05) is 6.20 Å². The Morgan fingerprint density at radius 1 is 1.37 bits per heavy atom. The third kappa shape index (κ3) is 3.20. The van der Waals surface area contributed by atoms with Crippen molar-refractivity contribution in [2.24, 2.45) is 0 Å². The number of alkyl halides is 3. The van der Waals surface area contributed by atoms with Crippen LogP contribution in [-0.2, 0) is 6.18 Å². The summed E-state index contributed by atoms with van der Waals surface area (Å²) in [5.41, 5.74) is -0.101. The number of rotatable bonds is 3. The van der Waals surface area contributed by atoms with Crippen LogP contribution in [-0.4, -0.2) is 26.3 Å². The van der Waals surface area contributed by atoms with Gasteiger partial charge in [-0.3, -0.25) is 0 Å². The summed E-state index contributed by atoms with van der Waals surface area (Å²) in [6.07, 6.45) is -3.21. The summed E-state index contributed by atoms with van der Waals surface area (Å²) in [6.45, 7) is 0. The summed E-state index contributed by atoms with van der Waals surface area (Å²) in [6, 6.07) is 2.73. The van der Waals surface area contributed by atoms with Crippen molar-refractivity contribution in [1.82, 2.24) is 15.2 Å². The smallest absolute Gasteiger partial charge is 0.445 e. The van der Waals surface area contributed by atoms with Gasteiger partial charge in [0.25, 0.3) is 0 Å². The van der Waals surface area contributed by atoms with Gasteiger partial charge in [0.15, 0.2) is 4.34 Å². The first-order chi connectivity index (χ1) is 8.88. The Morgan fingerprint density at radius 3 is 2.68 bits per heavy atom. The highest BCUT2D eigenvalue weighted by atomic mass is 32.2.